The monoisotopic (exact) mass is 689 g/mol. The summed E-state index contributed by atoms with van der Waals surface area (Å²) in [7, 11) is 5.25. The lowest BCUT2D eigenvalue weighted by Crippen LogP contribution is -2.53. The summed E-state index contributed by atoms with van der Waals surface area (Å²) in [6.45, 7) is 7.59. The van der Waals surface area contributed by atoms with Gasteiger partial charge in [-0.25, -0.2) is 4.98 Å². The van der Waals surface area contributed by atoms with Crippen molar-refractivity contribution in [2.24, 2.45) is 5.92 Å². The minimum Gasteiger partial charge on any atom is -0.368 e. The Morgan fingerprint density at radius 3 is 2.40 bits per heavy atom. The molecule has 0 radical (unpaired) electrons. The molecule has 11 nitrogen and oxygen atoms in total. The maximum absolute atomic E-state index is 14.0. The van der Waals surface area contributed by atoms with E-state index in [9.17, 15) is 32.3 Å². The highest BCUT2D eigenvalue weighted by atomic mass is 35.5. The standard InChI is InChI=1S/C33H39ClF3N7O4/c1-20(18-39(3)4)31(47)42-13-11-41(12-14-42)27(45)9-10-43-19-22-16-28(46)44(26-17-23(33(35,36)37)15-21(2)38-26)29(22)32(48)40(5)25-8-6-7-24(34)30(25)43/h6-8,15,17,22,29H,1,9-14,16,18-19H2,2-5H3/t22-,29+/m1/s1. The number of aromatic nitrogens is 1. The van der Waals surface area contributed by atoms with Crippen molar-refractivity contribution in [1.82, 2.24) is 19.7 Å². The van der Waals surface area contributed by atoms with E-state index in [-0.39, 0.29) is 49.3 Å². The van der Waals surface area contributed by atoms with Crippen LogP contribution in [0.25, 0.3) is 0 Å². The van der Waals surface area contributed by atoms with E-state index in [1.807, 2.05) is 23.9 Å². The zero-order valence-corrected chi connectivity index (χ0v) is 28.1. The van der Waals surface area contributed by atoms with Crippen LogP contribution in [0.2, 0.25) is 5.02 Å². The predicted molar refractivity (Wildman–Crippen MR) is 176 cm³/mol. The molecule has 3 aliphatic rings. The summed E-state index contributed by atoms with van der Waals surface area (Å²) in [6, 6.07) is 5.61. The number of carbonyl (C=O) groups excluding carboxylic acids is 4. The Bertz CT molecular complexity index is 1630. The third-order valence-corrected chi connectivity index (χ3v) is 9.26. The van der Waals surface area contributed by atoms with Gasteiger partial charge in [-0.1, -0.05) is 24.2 Å². The minimum atomic E-state index is -4.67. The van der Waals surface area contributed by atoms with Gasteiger partial charge in [-0.05, 0) is 45.3 Å². The average Bonchev–Trinajstić information content (AvgIpc) is 3.35. The van der Waals surface area contributed by atoms with Gasteiger partial charge < -0.3 is 24.5 Å². The maximum atomic E-state index is 14.0. The van der Waals surface area contributed by atoms with Crippen LogP contribution in [-0.4, -0.2) is 116 Å². The van der Waals surface area contributed by atoms with Crippen molar-refractivity contribution in [3.63, 3.8) is 0 Å². The third-order valence-electron chi connectivity index (χ3n) is 8.95. The van der Waals surface area contributed by atoms with Crippen molar-refractivity contribution in [3.05, 3.63) is 58.8 Å². The summed E-state index contributed by atoms with van der Waals surface area (Å²) >= 11 is 6.70. The van der Waals surface area contributed by atoms with Gasteiger partial charge in [-0.2, -0.15) is 13.2 Å². The van der Waals surface area contributed by atoms with Crippen molar-refractivity contribution in [2.45, 2.75) is 32.0 Å². The molecule has 258 valence electrons. The number of halogens is 4. The van der Waals surface area contributed by atoms with Crippen molar-refractivity contribution < 1.29 is 32.3 Å². The molecule has 4 amide bonds. The molecule has 2 saturated heterocycles. The number of benzene rings is 1. The number of carbonyl (C=O) groups is 4. The normalized spacial score (nSPS) is 20.1. The number of anilines is 3. The Hall–Kier alpha value is -4.17. The van der Waals surface area contributed by atoms with Crippen LogP contribution < -0.4 is 14.7 Å². The molecule has 0 N–H and O–H groups in total. The van der Waals surface area contributed by atoms with Gasteiger partial charge in [-0.15, -0.1) is 0 Å². The summed E-state index contributed by atoms with van der Waals surface area (Å²) in [5.41, 5.74) is 0.542. The molecule has 4 heterocycles. The Labute approximate surface area is 282 Å². The zero-order chi connectivity index (χ0) is 35.1. The van der Waals surface area contributed by atoms with Gasteiger partial charge in [0, 0.05) is 82.9 Å². The van der Waals surface area contributed by atoms with Crippen LogP contribution in [0.3, 0.4) is 0 Å². The largest absolute Gasteiger partial charge is 0.416 e. The number of piperazine rings is 1. The molecule has 2 aromatic rings. The first-order valence-corrected chi connectivity index (χ1v) is 16.0. The molecule has 5 rings (SSSR count). The zero-order valence-electron chi connectivity index (χ0n) is 27.4. The number of nitrogens with zero attached hydrogens (tertiary/aromatic N) is 7. The highest BCUT2D eigenvalue weighted by Gasteiger charge is 2.49. The number of alkyl halides is 3. The van der Waals surface area contributed by atoms with Gasteiger partial charge in [0.2, 0.25) is 17.7 Å². The SMILES string of the molecule is C=C(CN(C)C)C(=O)N1CCN(C(=O)CCN2C[C@H]3CC(=O)N(c4cc(C(F)(F)F)cc(C)n4)[C@@H]3C(=O)N(C)c3cccc(Cl)c32)CC1. The highest BCUT2D eigenvalue weighted by molar-refractivity contribution is 6.34. The van der Waals surface area contributed by atoms with Crippen LogP contribution in [0.4, 0.5) is 30.4 Å². The number of pyridine rings is 1. The minimum absolute atomic E-state index is 0.0590. The van der Waals surface area contributed by atoms with E-state index in [1.54, 1.807) is 28.0 Å². The summed E-state index contributed by atoms with van der Waals surface area (Å²) in [5, 5.41) is 0.347. The number of rotatable bonds is 7. The van der Waals surface area contributed by atoms with E-state index < -0.39 is 35.5 Å². The summed E-state index contributed by atoms with van der Waals surface area (Å²) in [4.78, 5) is 67.5. The topological polar surface area (TPSA) is 101 Å². The lowest BCUT2D eigenvalue weighted by atomic mass is 9.95. The molecule has 0 saturated carbocycles. The Balaban J connectivity index is 1.37. The molecule has 0 unspecified atom stereocenters. The first-order valence-electron chi connectivity index (χ1n) is 15.6. The fraction of sp³-hybridized carbons (Fsp3) is 0.485. The van der Waals surface area contributed by atoms with Crippen molar-refractivity contribution in [3.8, 4) is 0 Å². The van der Waals surface area contributed by atoms with E-state index in [4.69, 9.17) is 11.6 Å². The fourth-order valence-electron chi connectivity index (χ4n) is 6.69. The van der Waals surface area contributed by atoms with Gasteiger partial charge in [0.05, 0.1) is 22.0 Å². The van der Waals surface area contributed by atoms with E-state index >= 15 is 0 Å². The Morgan fingerprint density at radius 2 is 1.75 bits per heavy atom. The molecule has 15 heteroatoms. The Kier molecular flexibility index (Phi) is 10.1. The highest BCUT2D eigenvalue weighted by Crippen LogP contribution is 2.43. The van der Waals surface area contributed by atoms with Crippen molar-refractivity contribution in [1.29, 1.82) is 0 Å². The number of para-hydroxylation sites is 1. The molecule has 0 spiro atoms. The van der Waals surface area contributed by atoms with Gasteiger partial charge in [0.15, 0.2) is 0 Å². The average molecular weight is 690 g/mol. The third kappa shape index (κ3) is 7.14. The molecule has 1 aromatic heterocycles. The van der Waals surface area contributed by atoms with E-state index in [0.29, 0.717) is 54.7 Å². The van der Waals surface area contributed by atoms with Crippen LogP contribution in [0.15, 0.2) is 42.5 Å². The molecule has 0 bridgehead atoms. The van der Waals surface area contributed by atoms with Crippen LogP contribution in [-0.2, 0) is 25.4 Å². The molecule has 2 fully saturated rings. The van der Waals surface area contributed by atoms with E-state index in [1.165, 1.54) is 18.9 Å². The van der Waals surface area contributed by atoms with Gasteiger partial charge in [0.25, 0.3) is 5.91 Å². The van der Waals surface area contributed by atoms with Crippen LogP contribution in [0, 0.1) is 12.8 Å². The second kappa shape index (κ2) is 13.7. The van der Waals surface area contributed by atoms with Crippen LogP contribution in [0.1, 0.15) is 24.1 Å². The maximum Gasteiger partial charge on any atom is 0.416 e. The molecule has 1 aromatic carbocycles. The molecule has 3 aliphatic heterocycles. The number of likely N-dealkylation sites (N-methyl/N-ethyl adjacent to an activating group) is 2. The molecule has 0 aliphatic carbocycles. The lowest BCUT2D eigenvalue weighted by molar-refractivity contribution is -0.137. The predicted octanol–water partition coefficient (Wildman–Crippen LogP) is 3.45. The lowest BCUT2D eigenvalue weighted by Gasteiger charge is -2.39. The summed E-state index contributed by atoms with van der Waals surface area (Å²) in [6.07, 6.45) is -4.69. The van der Waals surface area contributed by atoms with Crippen LogP contribution in [0.5, 0.6) is 0 Å². The van der Waals surface area contributed by atoms with Crippen molar-refractivity contribution in [2.75, 3.05) is 81.7 Å². The van der Waals surface area contributed by atoms with Crippen molar-refractivity contribution >= 4 is 52.4 Å². The molecule has 2 atom stereocenters. The number of aryl methyl sites for hydroxylation is 1. The second-order valence-electron chi connectivity index (χ2n) is 12.7. The molecular formula is C33H39ClF3N7O4. The van der Waals surface area contributed by atoms with Gasteiger partial charge in [0.1, 0.15) is 11.9 Å². The Morgan fingerprint density at radius 1 is 1.08 bits per heavy atom. The summed E-state index contributed by atoms with van der Waals surface area (Å²) in [5.74, 6) is -2.13. The number of hydrogen-bond donors (Lipinski definition) is 0. The second-order valence-corrected chi connectivity index (χ2v) is 13.1. The van der Waals surface area contributed by atoms with Gasteiger partial charge in [-0.3, -0.25) is 24.1 Å². The van der Waals surface area contributed by atoms with E-state index in [0.717, 1.165) is 17.0 Å². The van der Waals surface area contributed by atoms with E-state index in [2.05, 4.69) is 11.6 Å². The number of hydrogen-bond acceptors (Lipinski definition) is 7. The molecule has 48 heavy (non-hydrogen) atoms. The van der Waals surface area contributed by atoms with Crippen LogP contribution >= 0.6 is 11.6 Å². The summed E-state index contributed by atoms with van der Waals surface area (Å²) < 4.78 is 41.1. The smallest absolute Gasteiger partial charge is 0.368 e. The fourth-order valence-corrected chi connectivity index (χ4v) is 6.98. The first-order chi connectivity index (χ1) is 22.6. The quantitative estimate of drug-likeness (QED) is 0.411. The van der Waals surface area contributed by atoms with Gasteiger partial charge >= 0.3 is 6.18 Å². The number of fused-ring (bicyclic) bond motifs is 2. The molecular weight excluding hydrogens is 651 g/mol. The first kappa shape index (κ1) is 35.1. The number of amides is 4.